The first kappa shape index (κ1) is 37.8. The highest BCUT2D eigenvalue weighted by Gasteiger charge is 2.16. The Bertz CT molecular complexity index is 579. The van der Waals surface area contributed by atoms with Crippen molar-refractivity contribution in [3.8, 4) is 6.07 Å². The van der Waals surface area contributed by atoms with Crippen LogP contribution in [0.2, 0.25) is 0 Å². The van der Waals surface area contributed by atoms with Gasteiger partial charge in [0.1, 0.15) is 12.1 Å². The third-order valence-corrected chi connectivity index (χ3v) is 2.87. The van der Waals surface area contributed by atoms with E-state index in [0.29, 0.717) is 37.9 Å². The van der Waals surface area contributed by atoms with Gasteiger partial charge >= 0.3 is 6.09 Å². The van der Waals surface area contributed by atoms with E-state index in [9.17, 15) is 9.59 Å². The molecule has 0 aromatic heterocycles. The zero-order valence-electron chi connectivity index (χ0n) is 21.5. The van der Waals surface area contributed by atoms with Crippen molar-refractivity contribution >= 4 is 36.2 Å². The van der Waals surface area contributed by atoms with Crippen LogP contribution >= 0.6 is 12.4 Å². The molecule has 0 bridgehead atoms. The summed E-state index contributed by atoms with van der Waals surface area (Å²) in [6.07, 6.45) is 3.38. The minimum Gasteiger partial charge on any atom is -0.481 e. The number of nitriles is 1. The fraction of sp³-hybridized carbons (Fsp3) is 0.773. The van der Waals surface area contributed by atoms with Gasteiger partial charge < -0.3 is 19.5 Å². The molecule has 11 heteroatoms. The Morgan fingerprint density at radius 1 is 1.03 bits per heavy atom. The number of nitrogens with one attached hydrogen (secondary N) is 3. The summed E-state index contributed by atoms with van der Waals surface area (Å²) in [6, 6.07) is 2.02. The summed E-state index contributed by atoms with van der Waals surface area (Å²) in [5, 5.41) is 21.0. The van der Waals surface area contributed by atoms with E-state index < -0.39 is 17.6 Å². The van der Waals surface area contributed by atoms with Gasteiger partial charge in [0.2, 0.25) is 5.90 Å². The fourth-order valence-corrected chi connectivity index (χ4v) is 1.60. The average Bonchev–Trinajstić information content (AvgIpc) is 2.70. The van der Waals surface area contributed by atoms with E-state index in [4.69, 9.17) is 24.9 Å². The third-order valence-electron chi connectivity index (χ3n) is 2.87. The molecule has 0 rings (SSSR count). The van der Waals surface area contributed by atoms with Crippen LogP contribution in [0.4, 0.5) is 4.79 Å². The van der Waals surface area contributed by atoms with Gasteiger partial charge in [0.25, 0.3) is 5.91 Å². The molecule has 0 aliphatic rings. The molecule has 0 aromatic rings. The summed E-state index contributed by atoms with van der Waals surface area (Å²) >= 11 is 0. The molecule has 194 valence electrons. The summed E-state index contributed by atoms with van der Waals surface area (Å²) in [4.78, 5) is 22.7. The zero-order valence-corrected chi connectivity index (χ0v) is 22.3. The maximum absolute atomic E-state index is 11.4. The number of ether oxygens (including phenoxy) is 3. The average molecular weight is 494 g/mol. The predicted molar refractivity (Wildman–Crippen MR) is 134 cm³/mol. The monoisotopic (exact) mass is 493 g/mol. The van der Waals surface area contributed by atoms with Crippen LogP contribution in [0.5, 0.6) is 0 Å². The van der Waals surface area contributed by atoms with Crippen molar-refractivity contribution in [3.63, 3.8) is 0 Å². The summed E-state index contributed by atoms with van der Waals surface area (Å²) in [5.74, 6) is 0.402. The van der Waals surface area contributed by atoms with Crippen LogP contribution in [0.3, 0.4) is 0 Å². The standard InChI is InChI=1S/C12H23N3O4.C6H13NO.C4H7N.ClH/c1-6-10(18-7-2)15-14-9(16)8-13-11(17)19-12(3,4)5;1-3-5-6(7)8-4-2;1-2-3-4-5;/h6-8H2,1-5H3,(H,13,17)(H,14,16);7H,3-5H2,1-2H3;2-3H2,1H3;1H/b15-10+;;;. The van der Waals surface area contributed by atoms with Crippen LogP contribution in [0.15, 0.2) is 5.10 Å². The number of hydrogen-bond donors (Lipinski definition) is 3. The first-order valence-corrected chi connectivity index (χ1v) is 11.0. The summed E-state index contributed by atoms with van der Waals surface area (Å²) < 4.78 is 15.0. The van der Waals surface area contributed by atoms with E-state index in [1.165, 1.54) is 0 Å². The Labute approximate surface area is 205 Å². The van der Waals surface area contributed by atoms with Gasteiger partial charge in [0, 0.05) is 19.3 Å². The zero-order chi connectivity index (χ0) is 25.4. The molecule has 0 spiro atoms. The van der Waals surface area contributed by atoms with Gasteiger partial charge in [-0.1, -0.05) is 20.8 Å². The van der Waals surface area contributed by atoms with Crippen molar-refractivity contribution in [1.82, 2.24) is 10.7 Å². The lowest BCUT2D eigenvalue weighted by molar-refractivity contribution is -0.120. The fourth-order valence-electron chi connectivity index (χ4n) is 1.60. The Balaban J connectivity index is -0.000000248. The number of amides is 2. The van der Waals surface area contributed by atoms with Crippen LogP contribution in [-0.4, -0.2) is 49.2 Å². The van der Waals surface area contributed by atoms with Crippen LogP contribution in [-0.2, 0) is 19.0 Å². The molecule has 0 aromatic carbocycles. The Morgan fingerprint density at radius 3 is 1.97 bits per heavy atom. The van der Waals surface area contributed by atoms with Crippen molar-refractivity contribution in [2.75, 3.05) is 19.8 Å². The van der Waals surface area contributed by atoms with Crippen molar-refractivity contribution in [3.05, 3.63) is 0 Å². The summed E-state index contributed by atoms with van der Waals surface area (Å²) in [5.41, 5.74) is 1.70. The molecule has 0 aliphatic heterocycles. The number of hydrogen-bond acceptors (Lipinski definition) is 8. The highest BCUT2D eigenvalue weighted by molar-refractivity contribution is 5.85. The van der Waals surface area contributed by atoms with E-state index in [1.807, 2.05) is 40.7 Å². The minimum absolute atomic E-state index is 0. The second kappa shape index (κ2) is 25.7. The number of halogens is 1. The maximum Gasteiger partial charge on any atom is 0.408 e. The molecule has 3 N–H and O–H groups in total. The molecule has 0 fully saturated rings. The normalized spacial score (nSPS) is 9.85. The number of unbranched alkanes of at least 4 members (excludes halogenated alkanes) is 1. The molecule has 0 heterocycles. The number of carbonyl (C=O) groups is 2. The molecular formula is C22H44ClN5O5. The second-order valence-corrected chi connectivity index (χ2v) is 7.20. The lowest BCUT2D eigenvalue weighted by atomic mass is 10.2. The van der Waals surface area contributed by atoms with Gasteiger partial charge in [-0.25, -0.2) is 10.2 Å². The first-order chi connectivity index (χ1) is 15.0. The van der Waals surface area contributed by atoms with E-state index in [2.05, 4.69) is 15.8 Å². The number of nitrogens with zero attached hydrogens (tertiary/aromatic N) is 2. The Hall–Kier alpha value is -2.54. The Morgan fingerprint density at radius 2 is 1.61 bits per heavy atom. The highest BCUT2D eigenvalue weighted by atomic mass is 35.5. The predicted octanol–water partition coefficient (Wildman–Crippen LogP) is 4.92. The molecular weight excluding hydrogens is 450 g/mol. The van der Waals surface area contributed by atoms with Crippen molar-refractivity contribution in [2.45, 2.75) is 93.1 Å². The molecule has 0 saturated heterocycles. The largest absolute Gasteiger partial charge is 0.481 e. The molecule has 0 atom stereocenters. The molecule has 0 saturated carbocycles. The number of alkyl carbamates (subject to hydrolysis) is 1. The van der Waals surface area contributed by atoms with Gasteiger partial charge in [-0.15, -0.1) is 17.5 Å². The van der Waals surface area contributed by atoms with Gasteiger partial charge in [0.15, 0.2) is 5.90 Å². The van der Waals surface area contributed by atoms with Gasteiger partial charge in [0.05, 0.1) is 19.3 Å². The van der Waals surface area contributed by atoms with Crippen molar-refractivity contribution in [2.24, 2.45) is 5.10 Å². The SMILES string of the molecule is CCCC#N.CCCC(=N)OCC.CCO/C(CC)=N/NC(=O)CNC(=O)OC(C)(C)C.Cl. The smallest absolute Gasteiger partial charge is 0.408 e. The van der Waals surface area contributed by atoms with E-state index in [0.717, 1.165) is 19.3 Å². The molecule has 2 amide bonds. The second-order valence-electron chi connectivity index (χ2n) is 7.20. The maximum atomic E-state index is 11.4. The van der Waals surface area contributed by atoms with E-state index >= 15 is 0 Å². The third kappa shape index (κ3) is 34.3. The van der Waals surface area contributed by atoms with Gasteiger partial charge in [-0.05, 0) is 47.5 Å². The Kier molecular flexibility index (Phi) is 29.4. The molecule has 0 radical (unpaired) electrons. The molecule has 33 heavy (non-hydrogen) atoms. The van der Waals surface area contributed by atoms with Crippen molar-refractivity contribution in [1.29, 1.82) is 10.7 Å². The molecule has 0 unspecified atom stereocenters. The lowest BCUT2D eigenvalue weighted by Gasteiger charge is -2.19. The number of hydrazone groups is 1. The van der Waals surface area contributed by atoms with Gasteiger partial charge in [-0.2, -0.15) is 5.26 Å². The quantitative estimate of drug-likeness (QED) is 0.236. The number of rotatable bonds is 9. The van der Waals surface area contributed by atoms with Crippen LogP contribution < -0.4 is 10.7 Å². The molecule has 10 nitrogen and oxygen atoms in total. The highest BCUT2D eigenvalue weighted by Crippen LogP contribution is 2.06. The topological polar surface area (TPSA) is 146 Å². The number of carbonyl (C=O) groups excluding carboxylic acids is 2. The van der Waals surface area contributed by atoms with E-state index in [-0.39, 0.29) is 19.0 Å². The van der Waals surface area contributed by atoms with Crippen LogP contribution in [0, 0.1) is 16.7 Å². The van der Waals surface area contributed by atoms with E-state index in [1.54, 1.807) is 20.8 Å². The lowest BCUT2D eigenvalue weighted by Crippen LogP contribution is -2.38. The van der Waals surface area contributed by atoms with Crippen LogP contribution in [0.1, 0.15) is 87.5 Å². The first-order valence-electron chi connectivity index (χ1n) is 11.0. The van der Waals surface area contributed by atoms with Crippen LogP contribution in [0.25, 0.3) is 0 Å². The van der Waals surface area contributed by atoms with Gasteiger partial charge in [-0.3, -0.25) is 10.2 Å². The summed E-state index contributed by atoms with van der Waals surface area (Å²) in [6.45, 7) is 15.7. The van der Waals surface area contributed by atoms with Crippen molar-refractivity contribution < 1.29 is 23.8 Å². The summed E-state index contributed by atoms with van der Waals surface area (Å²) in [7, 11) is 0. The molecule has 0 aliphatic carbocycles. The minimum atomic E-state index is -0.646.